The highest BCUT2D eigenvalue weighted by Crippen LogP contribution is 2.33. The van der Waals surface area contributed by atoms with Crippen molar-refractivity contribution < 1.29 is 40.9 Å². The largest absolute Gasteiger partial charge is 0.460 e. The second-order valence-corrected chi connectivity index (χ2v) is 11.4. The quantitative estimate of drug-likeness (QED) is 0.0467. The number of ether oxygens (including phenoxy) is 2. The lowest BCUT2D eigenvalue weighted by atomic mass is 10.1. The Kier molecular flexibility index (Phi) is 13.4. The fourth-order valence-electron chi connectivity index (χ4n) is 3.48. The second-order valence-electron chi connectivity index (χ2n) is 8.69. The Labute approximate surface area is 268 Å². The molecule has 0 bridgehead atoms. The van der Waals surface area contributed by atoms with Gasteiger partial charge in [-0.1, -0.05) is 101 Å². The molecule has 0 saturated carbocycles. The van der Waals surface area contributed by atoms with Gasteiger partial charge in [-0.05, 0) is 35.4 Å². The van der Waals surface area contributed by atoms with Crippen molar-refractivity contribution in [2.75, 3.05) is 13.7 Å². The van der Waals surface area contributed by atoms with Crippen molar-refractivity contribution in [1.29, 1.82) is 0 Å². The molecule has 0 aromatic heterocycles. The Morgan fingerprint density at radius 2 is 1.41 bits per heavy atom. The summed E-state index contributed by atoms with van der Waals surface area (Å²) >= 11 is 18.0. The number of benzene rings is 3. The Bertz CT molecular complexity index is 1620. The van der Waals surface area contributed by atoms with Gasteiger partial charge < -0.3 is 14.3 Å². The predicted molar refractivity (Wildman–Crippen MR) is 166 cm³/mol. The number of hydrogen-bond donors (Lipinski definition) is 0. The third-order valence-corrected chi connectivity index (χ3v) is 8.07. The van der Waals surface area contributed by atoms with Gasteiger partial charge >= 0.3 is 11.9 Å². The SMILES string of the molecule is CON=C[C@@H](F)[C@H](OC(=O)C=Cc1ccccc1)[C@@H](COC(=O)C=Cc1ccccc1)OS(=O)(=O)c1cc(Cl)c(Cl)cc1Cl. The van der Waals surface area contributed by atoms with Crippen molar-refractivity contribution in [1.82, 2.24) is 0 Å². The molecular weight excluding hydrogens is 660 g/mol. The molecule has 232 valence electrons. The molecule has 0 aliphatic carbocycles. The summed E-state index contributed by atoms with van der Waals surface area (Å²) < 4.78 is 57.9. The maximum atomic E-state index is 15.5. The lowest BCUT2D eigenvalue weighted by Gasteiger charge is -2.27. The van der Waals surface area contributed by atoms with E-state index in [4.69, 9.17) is 48.5 Å². The van der Waals surface area contributed by atoms with Crippen LogP contribution < -0.4 is 0 Å². The Balaban J connectivity index is 1.94. The van der Waals surface area contributed by atoms with Gasteiger partial charge in [0, 0.05) is 12.2 Å². The van der Waals surface area contributed by atoms with Gasteiger partial charge in [-0.15, -0.1) is 0 Å². The van der Waals surface area contributed by atoms with E-state index in [1.807, 2.05) is 0 Å². The molecule has 0 saturated heterocycles. The molecule has 0 fully saturated rings. The smallest absolute Gasteiger partial charge is 0.331 e. The number of esters is 2. The van der Waals surface area contributed by atoms with E-state index in [1.165, 1.54) is 12.2 Å². The number of oxime groups is 1. The van der Waals surface area contributed by atoms with E-state index in [0.29, 0.717) is 17.3 Å². The van der Waals surface area contributed by atoms with Crippen LogP contribution in [0, 0.1) is 0 Å². The van der Waals surface area contributed by atoms with E-state index >= 15 is 4.39 Å². The molecule has 3 rings (SSSR count). The summed E-state index contributed by atoms with van der Waals surface area (Å²) in [6.07, 6.45) is -0.752. The summed E-state index contributed by atoms with van der Waals surface area (Å²) in [5, 5.41) is 2.77. The molecule has 14 heteroatoms. The highest BCUT2D eigenvalue weighted by Gasteiger charge is 2.38. The van der Waals surface area contributed by atoms with Crippen molar-refractivity contribution in [2.24, 2.45) is 5.16 Å². The number of halogens is 4. The van der Waals surface area contributed by atoms with Crippen LogP contribution >= 0.6 is 34.8 Å². The number of nitrogens with zero attached hydrogens (tertiary/aromatic N) is 1. The minimum Gasteiger partial charge on any atom is -0.460 e. The molecule has 0 N–H and O–H groups in total. The van der Waals surface area contributed by atoms with Crippen LogP contribution in [0.1, 0.15) is 11.1 Å². The van der Waals surface area contributed by atoms with Gasteiger partial charge in [0.25, 0.3) is 10.1 Å². The highest BCUT2D eigenvalue weighted by molar-refractivity contribution is 7.87. The van der Waals surface area contributed by atoms with Crippen LogP contribution in [-0.2, 0) is 38.2 Å². The van der Waals surface area contributed by atoms with Crippen LogP contribution in [0.15, 0.2) is 95.0 Å². The maximum absolute atomic E-state index is 15.5. The van der Waals surface area contributed by atoms with Gasteiger partial charge in [0.15, 0.2) is 18.4 Å². The van der Waals surface area contributed by atoms with E-state index in [9.17, 15) is 18.0 Å². The van der Waals surface area contributed by atoms with E-state index in [-0.39, 0.29) is 15.1 Å². The van der Waals surface area contributed by atoms with Crippen molar-refractivity contribution in [2.45, 2.75) is 23.3 Å². The summed E-state index contributed by atoms with van der Waals surface area (Å²) in [7, 11) is -3.72. The second kappa shape index (κ2) is 16.9. The van der Waals surface area contributed by atoms with Crippen LogP contribution in [0.4, 0.5) is 4.39 Å². The number of hydrogen-bond acceptors (Lipinski definition) is 9. The molecule has 9 nitrogen and oxygen atoms in total. The first-order chi connectivity index (χ1) is 21.0. The first-order valence-electron chi connectivity index (χ1n) is 12.6. The average molecular weight is 685 g/mol. The number of rotatable bonds is 14. The normalized spacial score (nSPS) is 14.0. The Hall–Kier alpha value is -3.74. The van der Waals surface area contributed by atoms with E-state index in [1.54, 1.807) is 60.7 Å². The highest BCUT2D eigenvalue weighted by atomic mass is 35.5. The number of alkyl halides is 1. The average Bonchev–Trinajstić information content (AvgIpc) is 3.01. The summed E-state index contributed by atoms with van der Waals surface area (Å²) in [5.74, 6) is -2.00. The minimum absolute atomic E-state index is 0.0390. The molecule has 3 atom stereocenters. The summed E-state index contributed by atoms with van der Waals surface area (Å²) in [4.78, 5) is 29.2. The number of carbonyl (C=O) groups excluding carboxylic acids is 2. The lowest BCUT2D eigenvalue weighted by molar-refractivity contribution is -0.155. The molecular formula is C30H25Cl3FNO8S. The molecule has 0 aliphatic rings. The van der Waals surface area contributed by atoms with Gasteiger partial charge in [0.05, 0.1) is 21.3 Å². The Morgan fingerprint density at radius 3 is 1.98 bits per heavy atom. The zero-order chi connectivity index (χ0) is 32.1. The van der Waals surface area contributed by atoms with Gasteiger partial charge in [-0.2, -0.15) is 8.42 Å². The lowest BCUT2D eigenvalue weighted by Crippen LogP contribution is -2.45. The molecule has 3 aromatic rings. The van der Waals surface area contributed by atoms with Crippen LogP contribution in [-0.4, -0.2) is 58.7 Å². The van der Waals surface area contributed by atoms with Gasteiger partial charge in [-0.25, -0.2) is 14.0 Å². The van der Waals surface area contributed by atoms with Crippen molar-refractivity contribution in [3.63, 3.8) is 0 Å². The predicted octanol–water partition coefficient (Wildman–Crippen LogP) is 6.57. The zero-order valence-corrected chi connectivity index (χ0v) is 26.0. The third-order valence-electron chi connectivity index (χ3n) is 5.55. The molecule has 0 amide bonds. The molecule has 44 heavy (non-hydrogen) atoms. The molecule has 0 radical (unpaired) electrons. The fraction of sp³-hybridized carbons (Fsp3) is 0.167. The topological polar surface area (TPSA) is 118 Å². The fourth-order valence-corrected chi connectivity index (χ4v) is 5.53. The van der Waals surface area contributed by atoms with Gasteiger partial charge in [0.1, 0.15) is 18.6 Å². The van der Waals surface area contributed by atoms with Crippen LogP contribution in [0.2, 0.25) is 15.1 Å². The molecule has 0 spiro atoms. The minimum atomic E-state index is -4.86. The van der Waals surface area contributed by atoms with Crippen LogP contribution in [0.5, 0.6) is 0 Å². The molecule has 3 aromatic carbocycles. The van der Waals surface area contributed by atoms with Gasteiger partial charge in [-0.3, -0.25) is 4.18 Å². The monoisotopic (exact) mass is 683 g/mol. The first-order valence-corrected chi connectivity index (χ1v) is 15.2. The molecule has 0 heterocycles. The first kappa shape index (κ1) is 34.7. The van der Waals surface area contributed by atoms with E-state index in [2.05, 4.69) is 9.99 Å². The summed E-state index contributed by atoms with van der Waals surface area (Å²) in [6.45, 7) is -0.891. The van der Waals surface area contributed by atoms with Crippen molar-refractivity contribution >= 4 is 75.2 Å². The number of carbonyl (C=O) groups is 2. The van der Waals surface area contributed by atoms with Crippen molar-refractivity contribution in [3.8, 4) is 0 Å². The zero-order valence-electron chi connectivity index (χ0n) is 22.9. The van der Waals surface area contributed by atoms with E-state index in [0.717, 1.165) is 31.4 Å². The maximum Gasteiger partial charge on any atom is 0.331 e. The van der Waals surface area contributed by atoms with Gasteiger partial charge in [0.2, 0.25) is 0 Å². The van der Waals surface area contributed by atoms with E-state index < -0.39 is 51.9 Å². The standard InChI is InChI=1S/C30H25Cl3FNO8S/c1-40-35-18-25(34)30(42-29(37)15-13-21-10-6-3-7-11-21)26(19-41-28(36)14-12-20-8-4-2-5-9-20)43-44(38,39)27-17-23(32)22(31)16-24(27)33/h2-18,25-26,30H,19H2,1H3/t25-,26-,30+/m1/s1. The van der Waals surface area contributed by atoms with Crippen LogP contribution in [0.25, 0.3) is 12.2 Å². The Morgan fingerprint density at radius 1 is 0.864 bits per heavy atom. The summed E-state index contributed by atoms with van der Waals surface area (Å²) in [6, 6.07) is 19.4. The summed E-state index contributed by atoms with van der Waals surface area (Å²) in [5.41, 5.74) is 1.30. The van der Waals surface area contributed by atoms with Crippen LogP contribution in [0.3, 0.4) is 0 Å². The molecule has 0 unspecified atom stereocenters. The van der Waals surface area contributed by atoms with Crippen molar-refractivity contribution in [3.05, 3.63) is 111 Å². The third kappa shape index (κ3) is 10.8. The molecule has 0 aliphatic heterocycles.